The van der Waals surface area contributed by atoms with Crippen molar-refractivity contribution in [3.63, 3.8) is 0 Å². The van der Waals surface area contributed by atoms with Crippen LogP contribution in [-0.4, -0.2) is 13.5 Å². The van der Waals surface area contributed by atoms with Crippen LogP contribution in [0.5, 0.6) is 5.75 Å². The highest BCUT2D eigenvalue weighted by atomic mass is 79.9. The standard InChI is InChI=1S/C13H11BrFNO3S/c14-12-6-5-11(7-13(12)15)20(18,19)16-8-9-1-3-10(17)4-2-9/h1-7,16-17H,8H2. The Balaban J connectivity index is 2.14. The van der Waals surface area contributed by atoms with Gasteiger partial charge in [-0.2, -0.15) is 0 Å². The molecule has 0 aliphatic carbocycles. The van der Waals surface area contributed by atoms with Crippen molar-refractivity contribution in [2.75, 3.05) is 0 Å². The highest BCUT2D eigenvalue weighted by Gasteiger charge is 2.15. The molecule has 0 aliphatic rings. The summed E-state index contributed by atoms with van der Waals surface area (Å²) in [4.78, 5) is -0.142. The Bertz CT molecular complexity index is 717. The van der Waals surface area contributed by atoms with E-state index in [1.54, 1.807) is 12.1 Å². The van der Waals surface area contributed by atoms with Gasteiger partial charge < -0.3 is 5.11 Å². The van der Waals surface area contributed by atoms with Crippen molar-refractivity contribution in [1.29, 1.82) is 0 Å². The van der Waals surface area contributed by atoms with E-state index in [2.05, 4.69) is 20.7 Å². The van der Waals surface area contributed by atoms with Crippen LogP contribution in [0, 0.1) is 5.82 Å². The fourth-order valence-electron chi connectivity index (χ4n) is 1.52. The van der Waals surface area contributed by atoms with Gasteiger partial charge in [0.1, 0.15) is 11.6 Å². The lowest BCUT2D eigenvalue weighted by Crippen LogP contribution is -2.23. The van der Waals surface area contributed by atoms with Crippen molar-refractivity contribution >= 4 is 26.0 Å². The summed E-state index contributed by atoms with van der Waals surface area (Å²) >= 11 is 2.96. The Morgan fingerprint density at radius 2 is 1.80 bits per heavy atom. The van der Waals surface area contributed by atoms with E-state index < -0.39 is 15.8 Å². The Morgan fingerprint density at radius 3 is 2.40 bits per heavy atom. The highest BCUT2D eigenvalue weighted by molar-refractivity contribution is 9.10. The van der Waals surface area contributed by atoms with Crippen molar-refractivity contribution in [2.24, 2.45) is 0 Å². The number of hydrogen-bond donors (Lipinski definition) is 2. The molecule has 106 valence electrons. The maximum absolute atomic E-state index is 13.4. The predicted octanol–water partition coefficient (Wildman–Crippen LogP) is 2.77. The number of phenols is 1. The molecule has 0 saturated heterocycles. The van der Waals surface area contributed by atoms with Crippen LogP contribution in [0.4, 0.5) is 4.39 Å². The lowest BCUT2D eigenvalue weighted by Gasteiger charge is -2.07. The van der Waals surface area contributed by atoms with E-state index in [-0.39, 0.29) is 21.7 Å². The minimum absolute atomic E-state index is 0.0558. The molecule has 0 atom stereocenters. The molecular formula is C13H11BrFNO3S. The molecule has 0 saturated carbocycles. The normalized spacial score (nSPS) is 11.5. The molecule has 0 radical (unpaired) electrons. The first-order chi connectivity index (χ1) is 9.38. The van der Waals surface area contributed by atoms with E-state index in [9.17, 15) is 12.8 Å². The maximum Gasteiger partial charge on any atom is 0.240 e. The molecule has 0 aliphatic heterocycles. The van der Waals surface area contributed by atoms with Crippen molar-refractivity contribution in [1.82, 2.24) is 4.72 Å². The molecule has 2 rings (SSSR count). The van der Waals surface area contributed by atoms with Crippen LogP contribution in [0.2, 0.25) is 0 Å². The molecule has 0 bridgehead atoms. The average Bonchev–Trinajstić information content (AvgIpc) is 2.41. The maximum atomic E-state index is 13.4. The summed E-state index contributed by atoms with van der Waals surface area (Å²) in [6, 6.07) is 9.71. The number of nitrogens with one attached hydrogen (secondary N) is 1. The van der Waals surface area contributed by atoms with E-state index in [1.807, 2.05) is 0 Å². The number of aromatic hydroxyl groups is 1. The van der Waals surface area contributed by atoms with Gasteiger partial charge in [-0.15, -0.1) is 0 Å². The minimum atomic E-state index is -3.78. The summed E-state index contributed by atoms with van der Waals surface area (Å²) in [6.45, 7) is 0.0558. The fraction of sp³-hybridized carbons (Fsp3) is 0.0769. The van der Waals surface area contributed by atoms with E-state index in [4.69, 9.17) is 5.11 Å². The molecule has 0 unspecified atom stereocenters. The second kappa shape index (κ2) is 5.90. The summed E-state index contributed by atoms with van der Waals surface area (Å²) in [5.41, 5.74) is 0.684. The van der Waals surface area contributed by atoms with Crippen LogP contribution in [0.3, 0.4) is 0 Å². The Hall–Kier alpha value is -1.44. The SMILES string of the molecule is O=S(=O)(NCc1ccc(O)cc1)c1ccc(Br)c(F)c1. The van der Waals surface area contributed by atoms with Crippen molar-refractivity contribution in [3.05, 3.63) is 58.3 Å². The third-order valence-corrected chi connectivity index (χ3v) is 4.65. The van der Waals surface area contributed by atoms with Gasteiger partial charge in [0.05, 0.1) is 9.37 Å². The number of hydrogen-bond acceptors (Lipinski definition) is 3. The summed E-state index contributed by atoms with van der Waals surface area (Å²) in [6.07, 6.45) is 0. The van der Waals surface area contributed by atoms with Gasteiger partial charge in [0.2, 0.25) is 10.0 Å². The van der Waals surface area contributed by atoms with Gasteiger partial charge in [-0.05, 0) is 51.8 Å². The van der Waals surface area contributed by atoms with Crippen LogP contribution < -0.4 is 4.72 Å². The zero-order valence-electron chi connectivity index (χ0n) is 10.2. The number of sulfonamides is 1. The van der Waals surface area contributed by atoms with E-state index in [0.29, 0.717) is 5.56 Å². The molecule has 20 heavy (non-hydrogen) atoms. The van der Waals surface area contributed by atoms with Gasteiger partial charge in [0.25, 0.3) is 0 Å². The Labute approximate surface area is 124 Å². The van der Waals surface area contributed by atoms with E-state index in [1.165, 1.54) is 24.3 Å². The zero-order chi connectivity index (χ0) is 14.8. The molecule has 7 heteroatoms. The molecule has 0 fully saturated rings. The van der Waals surface area contributed by atoms with Gasteiger partial charge >= 0.3 is 0 Å². The number of rotatable bonds is 4. The van der Waals surface area contributed by atoms with Crippen molar-refractivity contribution in [3.8, 4) is 5.75 Å². The summed E-state index contributed by atoms with van der Waals surface area (Å²) in [5, 5.41) is 9.13. The third kappa shape index (κ3) is 3.56. The lowest BCUT2D eigenvalue weighted by molar-refractivity contribution is 0.475. The minimum Gasteiger partial charge on any atom is -0.508 e. The average molecular weight is 360 g/mol. The lowest BCUT2D eigenvalue weighted by atomic mass is 10.2. The topological polar surface area (TPSA) is 66.4 Å². The molecule has 0 spiro atoms. The predicted molar refractivity (Wildman–Crippen MR) is 76.2 cm³/mol. The first-order valence-electron chi connectivity index (χ1n) is 5.61. The zero-order valence-corrected chi connectivity index (χ0v) is 12.6. The molecule has 2 aromatic rings. The molecule has 0 aromatic heterocycles. The summed E-state index contributed by atoms with van der Waals surface area (Å²) in [5.74, 6) is -0.538. The fourth-order valence-corrected chi connectivity index (χ4v) is 2.80. The number of benzene rings is 2. The molecule has 2 aromatic carbocycles. The van der Waals surface area contributed by atoms with Crippen molar-refractivity contribution < 1.29 is 17.9 Å². The van der Waals surface area contributed by atoms with Gasteiger partial charge in [-0.25, -0.2) is 17.5 Å². The quantitative estimate of drug-likeness (QED) is 0.881. The first-order valence-corrected chi connectivity index (χ1v) is 7.89. The molecule has 0 amide bonds. The smallest absolute Gasteiger partial charge is 0.240 e. The summed E-state index contributed by atoms with van der Waals surface area (Å²) in [7, 11) is -3.78. The molecular weight excluding hydrogens is 349 g/mol. The van der Waals surface area contributed by atoms with Crippen LogP contribution >= 0.6 is 15.9 Å². The highest BCUT2D eigenvalue weighted by Crippen LogP contribution is 2.19. The van der Waals surface area contributed by atoms with E-state index >= 15 is 0 Å². The second-order valence-corrected chi connectivity index (χ2v) is 6.69. The Morgan fingerprint density at radius 1 is 1.15 bits per heavy atom. The molecule has 4 nitrogen and oxygen atoms in total. The summed E-state index contributed by atoms with van der Waals surface area (Å²) < 4.78 is 39.9. The number of phenolic OH excluding ortho intramolecular Hbond substituents is 1. The van der Waals surface area contributed by atoms with Crippen LogP contribution in [0.1, 0.15) is 5.56 Å². The van der Waals surface area contributed by atoms with E-state index in [0.717, 1.165) is 6.07 Å². The van der Waals surface area contributed by atoms with Gasteiger partial charge in [0.15, 0.2) is 0 Å². The largest absolute Gasteiger partial charge is 0.508 e. The molecule has 0 heterocycles. The van der Waals surface area contributed by atoms with Crippen LogP contribution in [0.25, 0.3) is 0 Å². The number of halogens is 2. The Kier molecular flexibility index (Phi) is 4.42. The van der Waals surface area contributed by atoms with Crippen LogP contribution in [-0.2, 0) is 16.6 Å². The van der Waals surface area contributed by atoms with Gasteiger partial charge in [0, 0.05) is 6.54 Å². The first kappa shape index (κ1) is 15.0. The molecule has 2 N–H and O–H groups in total. The second-order valence-electron chi connectivity index (χ2n) is 4.07. The third-order valence-electron chi connectivity index (χ3n) is 2.60. The van der Waals surface area contributed by atoms with Crippen LogP contribution in [0.15, 0.2) is 51.8 Å². The van der Waals surface area contributed by atoms with Gasteiger partial charge in [-0.1, -0.05) is 12.1 Å². The van der Waals surface area contributed by atoms with Crippen molar-refractivity contribution in [2.45, 2.75) is 11.4 Å². The van der Waals surface area contributed by atoms with Gasteiger partial charge in [-0.3, -0.25) is 0 Å². The monoisotopic (exact) mass is 359 g/mol.